The second kappa shape index (κ2) is 8.18. The fraction of sp³-hybridized carbons (Fsp3) is 0.400. The van der Waals surface area contributed by atoms with Crippen molar-refractivity contribution in [2.24, 2.45) is 0 Å². The maximum atomic E-state index is 14.5. The van der Waals surface area contributed by atoms with Gasteiger partial charge < -0.3 is 19.5 Å². The lowest BCUT2D eigenvalue weighted by Gasteiger charge is -2.31. The van der Waals surface area contributed by atoms with Crippen LogP contribution in [0.15, 0.2) is 23.0 Å². The molecule has 0 unspecified atom stereocenters. The maximum Gasteiger partial charge on any atom is 0.343 e. The van der Waals surface area contributed by atoms with Crippen molar-refractivity contribution in [3.05, 3.63) is 62.2 Å². The average molecular weight is 485 g/mol. The summed E-state index contributed by atoms with van der Waals surface area (Å²) in [7, 11) is 0. The van der Waals surface area contributed by atoms with Gasteiger partial charge in [-0.15, -0.1) is 0 Å². The zero-order valence-corrected chi connectivity index (χ0v) is 20.0. The van der Waals surface area contributed by atoms with Gasteiger partial charge in [0.25, 0.3) is 5.56 Å². The van der Waals surface area contributed by atoms with Crippen LogP contribution < -0.4 is 5.56 Å². The summed E-state index contributed by atoms with van der Waals surface area (Å²) in [5.74, 6) is -0.612. The number of aryl methyl sites for hydroxylation is 1. The Bertz CT molecular complexity index is 1420. The molecule has 2 atom stereocenters. The number of benzene rings is 1. The van der Waals surface area contributed by atoms with Crippen LogP contribution in [0.3, 0.4) is 0 Å². The molecule has 0 radical (unpaired) electrons. The van der Waals surface area contributed by atoms with Crippen LogP contribution >= 0.6 is 11.8 Å². The molecule has 9 heteroatoms. The Morgan fingerprint density at radius 3 is 2.76 bits per heavy atom. The van der Waals surface area contributed by atoms with Gasteiger partial charge in [-0.1, -0.05) is 6.92 Å². The lowest BCUT2D eigenvalue weighted by Crippen LogP contribution is -2.44. The number of rotatable bonds is 5. The number of esters is 1. The molecule has 34 heavy (non-hydrogen) atoms. The first kappa shape index (κ1) is 23.0. The van der Waals surface area contributed by atoms with Crippen molar-refractivity contribution in [2.75, 3.05) is 12.4 Å². The largest absolute Gasteiger partial charge is 0.458 e. The highest BCUT2D eigenvalue weighted by molar-refractivity contribution is 7.99. The van der Waals surface area contributed by atoms with Crippen LogP contribution in [0.5, 0.6) is 0 Å². The molecule has 0 fully saturated rings. The number of carbonyl (C=O) groups is 1. The number of aliphatic hydroxyl groups excluding tert-OH is 1. The number of aliphatic hydroxyl groups is 2. The van der Waals surface area contributed by atoms with E-state index in [2.05, 4.69) is 0 Å². The number of halogens is 1. The first-order valence-corrected chi connectivity index (χ1v) is 12.3. The molecule has 0 amide bonds. The maximum absolute atomic E-state index is 14.5. The van der Waals surface area contributed by atoms with Crippen molar-refractivity contribution < 1.29 is 24.1 Å². The first-order valence-electron chi connectivity index (χ1n) is 11.2. The monoisotopic (exact) mass is 484 g/mol. The van der Waals surface area contributed by atoms with Crippen LogP contribution in [-0.2, 0) is 28.3 Å². The summed E-state index contributed by atoms with van der Waals surface area (Å²) in [6.45, 7) is 5.49. The minimum Gasteiger partial charge on any atom is -0.458 e. The molecule has 1 aromatic carbocycles. The Hall–Kier alpha value is -2.75. The van der Waals surface area contributed by atoms with Crippen molar-refractivity contribution in [1.29, 1.82) is 0 Å². The van der Waals surface area contributed by atoms with E-state index in [0.717, 1.165) is 16.5 Å². The van der Waals surface area contributed by atoms with E-state index in [9.17, 15) is 24.2 Å². The van der Waals surface area contributed by atoms with Crippen LogP contribution in [0.1, 0.15) is 53.3 Å². The predicted octanol–water partition coefficient (Wildman–Crippen LogP) is 3.31. The Kier molecular flexibility index (Phi) is 5.54. The molecular formula is C25H25FN2O5S. The van der Waals surface area contributed by atoms with E-state index in [0.29, 0.717) is 28.2 Å². The van der Waals surface area contributed by atoms with Crippen LogP contribution in [0.4, 0.5) is 4.39 Å². The molecule has 2 aliphatic heterocycles. The predicted molar refractivity (Wildman–Crippen MR) is 127 cm³/mol. The minimum atomic E-state index is -1.90. The Morgan fingerprint density at radius 2 is 2.06 bits per heavy atom. The van der Waals surface area contributed by atoms with E-state index in [4.69, 9.17) is 9.72 Å². The normalized spacial score (nSPS) is 19.5. The number of pyridine rings is 2. The number of nitrogens with zero attached hydrogens (tertiary/aromatic N) is 2. The molecule has 0 saturated heterocycles. The fourth-order valence-electron chi connectivity index (χ4n) is 5.02. The Labute approximate surface area is 199 Å². The topological polar surface area (TPSA) is 102 Å². The molecule has 0 aliphatic carbocycles. The molecule has 0 bridgehead atoms. The van der Waals surface area contributed by atoms with Gasteiger partial charge in [0, 0.05) is 33.6 Å². The zero-order valence-electron chi connectivity index (χ0n) is 19.1. The number of hydrogen-bond donors (Lipinski definition) is 2. The van der Waals surface area contributed by atoms with Crippen LogP contribution in [-0.4, -0.2) is 38.1 Å². The van der Waals surface area contributed by atoms with Gasteiger partial charge in [-0.2, -0.15) is 11.8 Å². The third-order valence-electron chi connectivity index (χ3n) is 6.88. The number of hydrogen-bond acceptors (Lipinski definition) is 7. The van der Waals surface area contributed by atoms with Crippen molar-refractivity contribution in [3.63, 3.8) is 0 Å². The summed E-state index contributed by atoms with van der Waals surface area (Å²) in [5.41, 5.74) is 2.06. The Morgan fingerprint density at radius 1 is 1.29 bits per heavy atom. The second-order valence-electron chi connectivity index (χ2n) is 8.81. The number of carbonyl (C=O) groups excluding carboxylic acids is 1. The smallest absolute Gasteiger partial charge is 0.343 e. The van der Waals surface area contributed by atoms with Crippen LogP contribution in [0, 0.1) is 12.7 Å². The summed E-state index contributed by atoms with van der Waals surface area (Å²) >= 11 is 1.57. The van der Waals surface area contributed by atoms with Crippen molar-refractivity contribution in [2.45, 2.75) is 51.2 Å². The van der Waals surface area contributed by atoms with Gasteiger partial charge in [0.1, 0.15) is 12.4 Å². The van der Waals surface area contributed by atoms with Gasteiger partial charge in [0.05, 0.1) is 35.6 Å². The molecule has 2 aromatic heterocycles. The van der Waals surface area contributed by atoms with E-state index in [1.54, 1.807) is 42.3 Å². The Balaban J connectivity index is 1.81. The molecule has 0 saturated carbocycles. The summed E-state index contributed by atoms with van der Waals surface area (Å²) < 4.78 is 21.2. The van der Waals surface area contributed by atoms with Gasteiger partial charge in [0.15, 0.2) is 5.60 Å². The molecule has 0 spiro atoms. The van der Waals surface area contributed by atoms with Gasteiger partial charge in [-0.3, -0.25) is 4.79 Å². The quantitative estimate of drug-likeness (QED) is 0.419. The highest BCUT2D eigenvalue weighted by Crippen LogP contribution is 2.44. The number of ether oxygens (including phenoxy) is 1. The summed E-state index contributed by atoms with van der Waals surface area (Å²) in [4.78, 5) is 30.6. The third-order valence-corrected chi connectivity index (χ3v) is 8.03. The van der Waals surface area contributed by atoms with Gasteiger partial charge in [-0.05, 0) is 43.5 Å². The number of fused-ring (bicyclic) bond motifs is 5. The fourth-order valence-corrected chi connectivity index (χ4v) is 5.91. The second-order valence-corrected chi connectivity index (χ2v) is 10.3. The van der Waals surface area contributed by atoms with Crippen molar-refractivity contribution in [1.82, 2.24) is 9.55 Å². The highest BCUT2D eigenvalue weighted by Gasteiger charge is 2.45. The molecule has 4 heterocycles. The van der Waals surface area contributed by atoms with Gasteiger partial charge >= 0.3 is 5.97 Å². The molecule has 3 aromatic rings. The molecular weight excluding hydrogens is 459 g/mol. The molecule has 5 rings (SSSR count). The lowest BCUT2D eigenvalue weighted by molar-refractivity contribution is -0.172. The van der Waals surface area contributed by atoms with Crippen molar-refractivity contribution >= 4 is 28.6 Å². The first-order chi connectivity index (χ1) is 16.2. The number of thioether (sulfide) groups is 1. The summed E-state index contributed by atoms with van der Waals surface area (Å²) in [6, 6.07) is 4.84. The lowest BCUT2D eigenvalue weighted by atomic mass is 9.86. The third kappa shape index (κ3) is 3.21. The highest BCUT2D eigenvalue weighted by atomic mass is 32.2. The SMILES string of the molecule is CC[C@@]1(O)C(=O)OCc2c1cc1n(c2=O)Cc2c-1nc1cc(F)c(C)cc1c2[C@H](C)SCCO. The number of cyclic esters (lactones) is 1. The van der Waals surface area contributed by atoms with E-state index < -0.39 is 11.6 Å². The van der Waals surface area contributed by atoms with E-state index in [-0.39, 0.29) is 53.9 Å². The van der Waals surface area contributed by atoms with Crippen LogP contribution in [0.2, 0.25) is 0 Å². The average Bonchev–Trinajstić information content (AvgIpc) is 3.18. The molecule has 7 nitrogen and oxygen atoms in total. The number of aromatic nitrogens is 2. The molecule has 178 valence electrons. The van der Waals surface area contributed by atoms with Gasteiger partial charge in [0.2, 0.25) is 0 Å². The van der Waals surface area contributed by atoms with Crippen LogP contribution in [0.25, 0.3) is 22.3 Å². The molecule has 2 N–H and O–H groups in total. The van der Waals surface area contributed by atoms with Gasteiger partial charge in [-0.25, -0.2) is 14.2 Å². The standard InChI is InChI=1S/C25H25FN2O5S/c1-4-25(32)17-8-20-22-15(10-28(20)23(30)16(17)11-33-24(25)31)21(13(3)34-6-5-29)14-7-12(2)18(26)9-19(14)27-22/h7-9,13,29,32H,4-6,10-11H2,1-3H3/t13-,25-/m0/s1. The zero-order chi connectivity index (χ0) is 24.4. The summed E-state index contributed by atoms with van der Waals surface area (Å²) in [5, 5.41) is 21.2. The van der Waals surface area contributed by atoms with E-state index >= 15 is 0 Å². The van der Waals surface area contributed by atoms with E-state index in [1.807, 2.05) is 6.92 Å². The summed E-state index contributed by atoms with van der Waals surface area (Å²) in [6.07, 6.45) is 0.0598. The van der Waals surface area contributed by atoms with Crippen molar-refractivity contribution in [3.8, 4) is 11.4 Å². The van der Waals surface area contributed by atoms with E-state index in [1.165, 1.54) is 6.07 Å². The molecule has 2 aliphatic rings. The minimum absolute atomic E-state index is 0.0316.